The highest BCUT2D eigenvalue weighted by Crippen LogP contribution is 2.14. The van der Waals surface area contributed by atoms with E-state index in [1.165, 1.54) is 11.1 Å². The van der Waals surface area contributed by atoms with E-state index in [9.17, 15) is 0 Å². The van der Waals surface area contributed by atoms with Gasteiger partial charge in [0.2, 0.25) is 5.88 Å². The number of hydrogen-bond acceptors (Lipinski definition) is 5. The van der Waals surface area contributed by atoms with Crippen molar-refractivity contribution < 1.29 is 9.47 Å². The van der Waals surface area contributed by atoms with E-state index < -0.39 is 0 Å². The molecule has 7 heteroatoms. The molecule has 0 radical (unpaired) electrons. The van der Waals surface area contributed by atoms with Crippen molar-refractivity contribution in [3.8, 4) is 5.88 Å². The van der Waals surface area contributed by atoms with Gasteiger partial charge in [0.05, 0.1) is 39.1 Å². The van der Waals surface area contributed by atoms with Gasteiger partial charge in [0.15, 0.2) is 5.96 Å². The average molecular weight is 398 g/mol. The molecule has 0 unspecified atom stereocenters. The molecule has 1 aliphatic heterocycles. The van der Waals surface area contributed by atoms with Crippen LogP contribution in [0.25, 0.3) is 0 Å². The molecule has 29 heavy (non-hydrogen) atoms. The summed E-state index contributed by atoms with van der Waals surface area (Å²) in [7, 11) is 1.62. The Labute approximate surface area is 173 Å². The summed E-state index contributed by atoms with van der Waals surface area (Å²) in [4.78, 5) is 11.7. The lowest BCUT2D eigenvalue weighted by atomic mass is 10.1. The number of ether oxygens (including phenoxy) is 2. The van der Waals surface area contributed by atoms with Gasteiger partial charge in [-0.25, -0.2) is 9.98 Å². The normalized spacial score (nSPS) is 15.2. The van der Waals surface area contributed by atoms with Gasteiger partial charge in [0, 0.05) is 32.2 Å². The van der Waals surface area contributed by atoms with Gasteiger partial charge in [-0.2, -0.15) is 0 Å². The summed E-state index contributed by atoms with van der Waals surface area (Å²) < 4.78 is 10.7. The van der Waals surface area contributed by atoms with Crippen molar-refractivity contribution in [1.29, 1.82) is 0 Å². The molecular formula is C22H31N5O2. The molecule has 7 nitrogen and oxygen atoms in total. The molecule has 1 saturated heterocycles. The van der Waals surface area contributed by atoms with E-state index in [1.807, 2.05) is 18.2 Å². The maximum atomic E-state index is 5.46. The summed E-state index contributed by atoms with van der Waals surface area (Å²) >= 11 is 0. The average Bonchev–Trinajstić information content (AvgIpc) is 2.77. The van der Waals surface area contributed by atoms with E-state index in [4.69, 9.17) is 14.5 Å². The Morgan fingerprint density at radius 1 is 1.10 bits per heavy atom. The number of nitrogens with zero attached hydrogens (tertiary/aromatic N) is 3. The number of methoxy groups -OCH3 is 1. The lowest BCUT2D eigenvalue weighted by Gasteiger charge is -2.27. The summed E-state index contributed by atoms with van der Waals surface area (Å²) in [6, 6.07) is 14.3. The van der Waals surface area contributed by atoms with Gasteiger partial charge < -0.3 is 20.1 Å². The fourth-order valence-corrected chi connectivity index (χ4v) is 3.22. The van der Waals surface area contributed by atoms with E-state index in [-0.39, 0.29) is 0 Å². The lowest BCUT2D eigenvalue weighted by Crippen LogP contribution is -2.37. The molecule has 1 aromatic carbocycles. The van der Waals surface area contributed by atoms with Crippen LogP contribution in [-0.4, -0.2) is 55.8 Å². The highest BCUT2D eigenvalue weighted by Gasteiger charge is 2.12. The second-order valence-electron chi connectivity index (χ2n) is 6.88. The van der Waals surface area contributed by atoms with Crippen LogP contribution in [0.4, 0.5) is 0 Å². The Hall–Kier alpha value is -2.64. The molecule has 0 spiro atoms. The summed E-state index contributed by atoms with van der Waals surface area (Å²) in [5.74, 6) is 1.39. The number of rotatable bonds is 8. The Morgan fingerprint density at radius 2 is 1.90 bits per heavy atom. The van der Waals surface area contributed by atoms with E-state index >= 15 is 0 Å². The summed E-state index contributed by atoms with van der Waals surface area (Å²) in [5, 5.41) is 6.66. The fourth-order valence-electron chi connectivity index (χ4n) is 3.22. The number of guanidine groups is 1. The first-order valence-electron chi connectivity index (χ1n) is 10.2. The molecule has 0 aliphatic carbocycles. The zero-order valence-corrected chi connectivity index (χ0v) is 17.4. The van der Waals surface area contributed by atoms with Crippen LogP contribution in [0, 0.1) is 0 Å². The number of morpholine rings is 1. The monoisotopic (exact) mass is 397 g/mol. The number of aliphatic imine (C=N–C) groups is 1. The molecule has 156 valence electrons. The minimum absolute atomic E-state index is 0.582. The van der Waals surface area contributed by atoms with Crippen LogP contribution in [0.5, 0.6) is 5.88 Å². The van der Waals surface area contributed by atoms with Crippen molar-refractivity contribution in [2.75, 3.05) is 40.0 Å². The number of pyridine rings is 1. The zero-order valence-electron chi connectivity index (χ0n) is 17.4. The maximum Gasteiger partial charge on any atom is 0.213 e. The van der Waals surface area contributed by atoms with Crippen molar-refractivity contribution in [3.63, 3.8) is 0 Å². The highest BCUT2D eigenvalue weighted by molar-refractivity contribution is 5.79. The van der Waals surface area contributed by atoms with E-state index in [0.717, 1.165) is 51.0 Å². The van der Waals surface area contributed by atoms with Crippen molar-refractivity contribution in [3.05, 3.63) is 59.3 Å². The molecule has 1 aliphatic rings. The molecule has 3 rings (SSSR count). The Bertz CT molecular complexity index is 790. The fraction of sp³-hybridized carbons (Fsp3) is 0.455. The van der Waals surface area contributed by atoms with Crippen molar-refractivity contribution in [1.82, 2.24) is 20.5 Å². The summed E-state index contributed by atoms with van der Waals surface area (Å²) in [5.41, 5.74) is 3.47. The Morgan fingerprint density at radius 3 is 2.66 bits per heavy atom. The number of hydrogen-bond donors (Lipinski definition) is 2. The second kappa shape index (κ2) is 11.4. The van der Waals surface area contributed by atoms with Crippen LogP contribution in [0.1, 0.15) is 23.7 Å². The number of benzene rings is 1. The van der Waals surface area contributed by atoms with Gasteiger partial charge in [0.25, 0.3) is 0 Å². The van der Waals surface area contributed by atoms with Crippen molar-refractivity contribution in [2.45, 2.75) is 26.6 Å². The third kappa shape index (κ3) is 6.73. The first-order valence-corrected chi connectivity index (χ1v) is 10.2. The highest BCUT2D eigenvalue weighted by atomic mass is 16.5. The first-order chi connectivity index (χ1) is 14.3. The van der Waals surface area contributed by atoms with Gasteiger partial charge in [-0.05, 0) is 24.1 Å². The number of nitrogens with one attached hydrogen (secondary N) is 2. The van der Waals surface area contributed by atoms with Gasteiger partial charge in [-0.15, -0.1) is 0 Å². The predicted molar refractivity (Wildman–Crippen MR) is 115 cm³/mol. The number of aromatic nitrogens is 1. The Kier molecular flexibility index (Phi) is 8.27. The predicted octanol–water partition coefficient (Wildman–Crippen LogP) is 2.18. The summed E-state index contributed by atoms with van der Waals surface area (Å²) in [6.07, 6.45) is 0. The molecule has 2 heterocycles. The van der Waals surface area contributed by atoms with Crippen LogP contribution < -0.4 is 15.4 Å². The molecule has 0 saturated carbocycles. The minimum Gasteiger partial charge on any atom is -0.481 e. The standard InChI is InChI=1S/C22H31N5O2/c1-3-23-22(25-16-20-9-6-10-21(26-20)28-2)24-15-18-7-4-5-8-19(18)17-27-11-13-29-14-12-27/h4-10H,3,11-17H2,1-2H3,(H2,23,24,25). The molecule has 0 bridgehead atoms. The van der Waals surface area contributed by atoms with E-state index in [1.54, 1.807) is 7.11 Å². The quantitative estimate of drug-likeness (QED) is 0.526. The van der Waals surface area contributed by atoms with Gasteiger partial charge in [0.1, 0.15) is 0 Å². The van der Waals surface area contributed by atoms with Crippen molar-refractivity contribution in [2.24, 2.45) is 4.99 Å². The molecule has 1 fully saturated rings. The largest absolute Gasteiger partial charge is 0.481 e. The molecule has 0 amide bonds. The smallest absolute Gasteiger partial charge is 0.213 e. The zero-order chi connectivity index (χ0) is 20.3. The van der Waals surface area contributed by atoms with Crippen molar-refractivity contribution >= 4 is 5.96 Å². The Balaban J connectivity index is 1.63. The van der Waals surface area contributed by atoms with E-state index in [2.05, 4.69) is 51.7 Å². The van der Waals surface area contributed by atoms with Crippen LogP contribution >= 0.6 is 0 Å². The second-order valence-corrected chi connectivity index (χ2v) is 6.88. The maximum absolute atomic E-state index is 5.46. The minimum atomic E-state index is 0.582. The molecule has 1 aromatic heterocycles. The third-order valence-electron chi connectivity index (χ3n) is 4.80. The van der Waals surface area contributed by atoms with Crippen LogP contribution in [0.2, 0.25) is 0 Å². The summed E-state index contributed by atoms with van der Waals surface area (Å²) in [6.45, 7) is 8.59. The van der Waals surface area contributed by atoms with Gasteiger partial charge in [-0.1, -0.05) is 30.3 Å². The lowest BCUT2D eigenvalue weighted by molar-refractivity contribution is 0.0341. The molecular weight excluding hydrogens is 366 g/mol. The van der Waals surface area contributed by atoms with Gasteiger partial charge >= 0.3 is 0 Å². The SMILES string of the molecule is CCNC(=NCc1ccccc1CN1CCOCC1)NCc1cccc(OC)n1. The van der Waals surface area contributed by atoms with Gasteiger partial charge in [-0.3, -0.25) is 4.90 Å². The van der Waals surface area contributed by atoms with Crippen LogP contribution in [0.3, 0.4) is 0 Å². The third-order valence-corrected chi connectivity index (χ3v) is 4.80. The van der Waals surface area contributed by atoms with E-state index in [0.29, 0.717) is 19.0 Å². The topological polar surface area (TPSA) is 71.0 Å². The van der Waals surface area contributed by atoms with Crippen LogP contribution in [-0.2, 0) is 24.4 Å². The molecule has 0 atom stereocenters. The molecule has 2 N–H and O–H groups in total. The molecule has 2 aromatic rings. The first kappa shape index (κ1) is 21.1. The van der Waals surface area contributed by atoms with Crippen LogP contribution in [0.15, 0.2) is 47.5 Å².